The molecule has 0 aromatic carbocycles. The first-order valence-electron chi connectivity index (χ1n) is 1.55. The van der Waals surface area contributed by atoms with Crippen LogP contribution in [-0.4, -0.2) is 50.6 Å². The zero-order valence-corrected chi connectivity index (χ0v) is 7.07. The minimum absolute atomic E-state index is 0. The van der Waals surface area contributed by atoms with Crippen molar-refractivity contribution >= 4 is 40.6 Å². The van der Waals surface area contributed by atoms with Crippen LogP contribution < -0.4 is 5.73 Å². The van der Waals surface area contributed by atoms with Crippen LogP contribution in [0.3, 0.4) is 0 Å². The summed E-state index contributed by atoms with van der Waals surface area (Å²) in [4.78, 5) is 0. The van der Waals surface area contributed by atoms with E-state index < -0.39 is 11.1 Å². The molecule has 0 saturated heterocycles. The molecule has 5 heteroatoms. The molecule has 3 nitrogen and oxygen atoms in total. The van der Waals surface area contributed by atoms with Crippen molar-refractivity contribution < 1.29 is 8.76 Å². The summed E-state index contributed by atoms with van der Waals surface area (Å²) in [6.45, 7) is 0.281. The molecule has 0 rings (SSSR count). The van der Waals surface area contributed by atoms with Gasteiger partial charge in [-0.05, 0) is 0 Å². The quantitative estimate of drug-likeness (QED) is 0.366. The van der Waals surface area contributed by atoms with Crippen LogP contribution in [0.4, 0.5) is 0 Å². The molecule has 0 aromatic heterocycles. The maximum atomic E-state index is 9.63. The Hall–Kier alpha value is 1.07. The number of hydrogen-bond acceptors (Lipinski definition) is 2. The van der Waals surface area contributed by atoms with E-state index in [1.54, 1.807) is 0 Å². The van der Waals surface area contributed by atoms with Crippen molar-refractivity contribution in [3.8, 4) is 0 Å². The summed E-state index contributed by atoms with van der Waals surface area (Å²) in [5.74, 6) is 0.181. The van der Waals surface area contributed by atoms with E-state index in [0.29, 0.717) is 0 Å². The molecule has 0 aliphatic heterocycles. The Morgan fingerprint density at radius 2 is 2.14 bits per heavy atom. The van der Waals surface area contributed by atoms with Gasteiger partial charge in [0.15, 0.2) is 11.1 Å². The molecular weight excluding hydrogens is 125 g/mol. The summed E-state index contributed by atoms with van der Waals surface area (Å²) in [5, 5.41) is 0. The molecule has 7 heavy (non-hydrogen) atoms. The predicted octanol–water partition coefficient (Wildman–Crippen LogP) is -1.21. The monoisotopic (exact) mass is 132 g/mol. The van der Waals surface area contributed by atoms with Gasteiger partial charge in [0.05, 0.1) is 5.75 Å². The van der Waals surface area contributed by atoms with Gasteiger partial charge in [0.2, 0.25) is 0 Å². The second-order valence-electron chi connectivity index (χ2n) is 0.814. The van der Waals surface area contributed by atoms with Gasteiger partial charge in [-0.15, -0.1) is 0 Å². The van der Waals surface area contributed by atoms with Crippen LogP contribution >= 0.6 is 0 Å². The third-order valence-corrected chi connectivity index (χ3v) is 0.877. The first kappa shape index (κ1) is 10.9. The number of nitrogens with two attached hydrogens (primary N) is 1. The van der Waals surface area contributed by atoms with E-state index >= 15 is 0 Å². The summed E-state index contributed by atoms with van der Waals surface area (Å²) in [7, 11) is 0. The van der Waals surface area contributed by atoms with Gasteiger partial charge in [-0.2, -0.15) is 0 Å². The average molecular weight is 132 g/mol. The topological polar surface area (TPSA) is 63.3 Å². The van der Waals surface area contributed by atoms with Crippen LogP contribution in [-0.2, 0) is 11.1 Å². The van der Waals surface area contributed by atoms with Gasteiger partial charge in [-0.3, -0.25) is 0 Å². The number of hydrogen-bond donors (Lipinski definition) is 2. The Labute approximate surface area is 67.2 Å². The van der Waals surface area contributed by atoms with Gasteiger partial charge >= 0.3 is 0 Å². The molecular formula is C2H7NNaO2S. The maximum absolute atomic E-state index is 9.63. The first-order valence-corrected chi connectivity index (χ1v) is 2.82. The zero-order chi connectivity index (χ0) is 4.99. The molecule has 0 aromatic rings. The predicted molar refractivity (Wildman–Crippen MR) is 30.4 cm³/mol. The molecule has 3 N–H and O–H groups in total. The van der Waals surface area contributed by atoms with Crippen molar-refractivity contribution in [1.82, 2.24) is 0 Å². The fourth-order valence-corrected chi connectivity index (χ4v) is 0.302. The van der Waals surface area contributed by atoms with E-state index in [0.717, 1.165) is 0 Å². The minimum atomic E-state index is -1.69. The molecule has 0 amide bonds. The molecule has 1 radical (unpaired) electrons. The molecule has 0 saturated carbocycles. The molecule has 1 unspecified atom stereocenters. The van der Waals surface area contributed by atoms with E-state index in [1.165, 1.54) is 0 Å². The summed E-state index contributed by atoms with van der Waals surface area (Å²) >= 11 is -1.69. The molecule has 0 aliphatic rings. The normalized spacial score (nSPS) is 12.3. The summed E-state index contributed by atoms with van der Waals surface area (Å²) < 4.78 is 17.6. The van der Waals surface area contributed by atoms with Gasteiger partial charge in [0, 0.05) is 36.1 Å². The third-order valence-electron chi connectivity index (χ3n) is 0.292. The standard InChI is InChI=1S/C2H7NO2S.Na/c3-1-2-6(4)5;/h1-3H2,(H,4,5);. The minimum Gasteiger partial charge on any atom is -0.329 e. The Morgan fingerprint density at radius 3 is 2.14 bits per heavy atom. The second-order valence-corrected chi connectivity index (χ2v) is 1.87. The third kappa shape index (κ3) is 11.0. The SMILES string of the molecule is NCCS(=O)O.[Na]. The van der Waals surface area contributed by atoms with Crippen LogP contribution in [0.5, 0.6) is 0 Å². The smallest absolute Gasteiger partial charge is 0.154 e. The molecule has 0 heterocycles. The van der Waals surface area contributed by atoms with Crippen LogP contribution in [0.2, 0.25) is 0 Å². The Kier molecular flexibility index (Phi) is 11.1. The van der Waals surface area contributed by atoms with Gasteiger partial charge < -0.3 is 10.3 Å². The van der Waals surface area contributed by atoms with Crippen molar-refractivity contribution in [2.75, 3.05) is 12.3 Å². The fraction of sp³-hybridized carbons (Fsp3) is 1.00. The van der Waals surface area contributed by atoms with E-state index in [2.05, 4.69) is 0 Å². The average Bonchev–Trinajstić information content (AvgIpc) is 1.35. The Balaban J connectivity index is 0. The Morgan fingerprint density at radius 1 is 1.71 bits per heavy atom. The van der Waals surface area contributed by atoms with Crippen LogP contribution in [0.1, 0.15) is 0 Å². The number of rotatable bonds is 2. The molecule has 1 atom stereocenters. The summed E-state index contributed by atoms with van der Waals surface area (Å²) in [5.41, 5.74) is 4.88. The van der Waals surface area contributed by atoms with Crippen molar-refractivity contribution in [3.63, 3.8) is 0 Å². The molecule has 0 spiro atoms. The van der Waals surface area contributed by atoms with Gasteiger partial charge in [0.1, 0.15) is 0 Å². The van der Waals surface area contributed by atoms with E-state index in [1.807, 2.05) is 0 Å². The van der Waals surface area contributed by atoms with Crippen LogP contribution in [0.15, 0.2) is 0 Å². The molecule has 0 aliphatic carbocycles. The van der Waals surface area contributed by atoms with E-state index in [-0.39, 0.29) is 41.9 Å². The largest absolute Gasteiger partial charge is 0.329 e. The summed E-state index contributed by atoms with van der Waals surface area (Å²) in [6.07, 6.45) is 0. The van der Waals surface area contributed by atoms with E-state index in [4.69, 9.17) is 10.3 Å². The first-order chi connectivity index (χ1) is 2.77. The molecule has 39 valence electrons. The van der Waals surface area contributed by atoms with Crippen molar-refractivity contribution in [2.45, 2.75) is 0 Å². The van der Waals surface area contributed by atoms with Gasteiger partial charge in [-0.25, -0.2) is 4.21 Å². The molecule has 0 bridgehead atoms. The van der Waals surface area contributed by atoms with Crippen molar-refractivity contribution in [3.05, 3.63) is 0 Å². The zero-order valence-electron chi connectivity index (χ0n) is 4.26. The van der Waals surface area contributed by atoms with Crippen molar-refractivity contribution in [2.24, 2.45) is 5.73 Å². The second kappa shape index (κ2) is 7.07. The fourth-order valence-electron chi connectivity index (χ4n) is 0.101. The van der Waals surface area contributed by atoms with Gasteiger partial charge in [0.25, 0.3) is 0 Å². The Bertz CT molecular complexity index is 59.7. The van der Waals surface area contributed by atoms with Crippen molar-refractivity contribution in [1.29, 1.82) is 0 Å². The van der Waals surface area contributed by atoms with Crippen LogP contribution in [0.25, 0.3) is 0 Å². The summed E-state index contributed by atoms with van der Waals surface area (Å²) in [6, 6.07) is 0. The van der Waals surface area contributed by atoms with Gasteiger partial charge in [-0.1, -0.05) is 0 Å². The van der Waals surface area contributed by atoms with Crippen LogP contribution in [0, 0.1) is 0 Å². The molecule has 0 fully saturated rings. The maximum Gasteiger partial charge on any atom is 0.154 e. The van der Waals surface area contributed by atoms with E-state index in [9.17, 15) is 4.21 Å².